The van der Waals surface area contributed by atoms with Gasteiger partial charge in [-0.05, 0) is 170 Å². The molecule has 3 aliphatic rings. The zero-order chi connectivity index (χ0) is 45.3. The number of rotatable bonds is 14. The summed E-state index contributed by atoms with van der Waals surface area (Å²) < 4.78 is 94.2. The van der Waals surface area contributed by atoms with Crippen LogP contribution < -0.4 is 20.4 Å². The van der Waals surface area contributed by atoms with Crippen LogP contribution in [0.15, 0.2) is 94.7 Å². The summed E-state index contributed by atoms with van der Waals surface area (Å²) in [6, 6.07) is 23.7. The molecule has 0 aliphatic carbocycles. The van der Waals surface area contributed by atoms with Crippen molar-refractivity contribution in [2.75, 3.05) is 26.6 Å². The fourth-order valence-electron chi connectivity index (χ4n) is 6.26. The van der Waals surface area contributed by atoms with Crippen LogP contribution in [0.1, 0.15) is 93.7 Å². The van der Waals surface area contributed by atoms with Crippen molar-refractivity contribution in [2.45, 2.75) is 127 Å². The number of hydrogen-bond donors (Lipinski definition) is 1. The molecule has 13 nitrogen and oxygen atoms in total. The van der Waals surface area contributed by atoms with E-state index >= 15 is 0 Å². The SMILES string of the molecule is C.C1CCOC1.CC(C)S(=O)(=O)c1ccc(Oc2ccc3c(c2)COB3O)cc1.CCOCOCc1cc(Oc2ccc(S(=O)(=O)C(C)C)cc2)ccc1B1OC(C)(C)C(C)(C)O1. The Balaban J connectivity index is 0.000000258. The minimum absolute atomic E-state index is 0. The van der Waals surface area contributed by atoms with E-state index in [1.807, 2.05) is 58.9 Å². The van der Waals surface area contributed by atoms with E-state index in [1.54, 1.807) is 88.4 Å². The molecule has 0 radical (unpaired) electrons. The lowest BCUT2D eigenvalue weighted by atomic mass is 9.76. The van der Waals surface area contributed by atoms with Crippen LogP contribution >= 0.6 is 0 Å². The third-order valence-corrected chi connectivity index (χ3v) is 15.2. The largest absolute Gasteiger partial charge is 0.495 e. The molecular weight excluding hydrogens is 846 g/mol. The lowest BCUT2D eigenvalue weighted by molar-refractivity contribution is -0.0570. The van der Waals surface area contributed by atoms with E-state index in [2.05, 4.69) is 0 Å². The first-order valence-corrected chi connectivity index (χ1v) is 24.0. The molecule has 4 aromatic carbocycles. The minimum atomic E-state index is -3.33. The maximum absolute atomic E-state index is 12.4. The van der Waals surface area contributed by atoms with Crippen molar-refractivity contribution >= 4 is 44.8 Å². The van der Waals surface area contributed by atoms with Gasteiger partial charge in [0.25, 0.3) is 0 Å². The van der Waals surface area contributed by atoms with E-state index in [0.29, 0.717) is 42.8 Å². The highest BCUT2D eigenvalue weighted by Crippen LogP contribution is 2.37. The highest BCUT2D eigenvalue weighted by Gasteiger charge is 2.52. The normalized spacial score (nSPS) is 16.4. The fourth-order valence-corrected chi connectivity index (χ4v) is 8.38. The van der Waals surface area contributed by atoms with Crippen molar-refractivity contribution in [3.63, 3.8) is 0 Å². The van der Waals surface area contributed by atoms with Crippen molar-refractivity contribution in [2.24, 2.45) is 0 Å². The zero-order valence-electron chi connectivity index (χ0n) is 37.2. The fraction of sp³-hybridized carbons (Fsp3) is 0.478. The van der Waals surface area contributed by atoms with Gasteiger partial charge < -0.3 is 42.7 Å². The molecule has 0 atom stereocenters. The summed E-state index contributed by atoms with van der Waals surface area (Å²) in [5.74, 6) is 2.29. The third-order valence-electron chi connectivity index (χ3n) is 10.9. The number of fused-ring (bicyclic) bond motifs is 1. The van der Waals surface area contributed by atoms with E-state index in [-0.39, 0.29) is 24.0 Å². The monoisotopic (exact) mass is 910 g/mol. The summed E-state index contributed by atoms with van der Waals surface area (Å²) in [5.41, 5.74) is 2.42. The Morgan fingerprint density at radius 1 is 0.667 bits per heavy atom. The van der Waals surface area contributed by atoms with Gasteiger partial charge in [-0.3, -0.25) is 0 Å². The van der Waals surface area contributed by atoms with E-state index in [4.69, 9.17) is 37.6 Å². The first-order valence-electron chi connectivity index (χ1n) is 20.9. The van der Waals surface area contributed by atoms with E-state index in [0.717, 1.165) is 35.3 Å². The van der Waals surface area contributed by atoms with Crippen LogP contribution in [-0.4, -0.2) is 84.4 Å². The van der Waals surface area contributed by atoms with Crippen LogP contribution in [0.25, 0.3) is 0 Å². The number of ether oxygens (including phenoxy) is 5. The molecule has 2 fully saturated rings. The summed E-state index contributed by atoms with van der Waals surface area (Å²) in [6.45, 7) is 20.0. The molecule has 0 bridgehead atoms. The van der Waals surface area contributed by atoms with Crippen molar-refractivity contribution < 1.29 is 59.5 Å². The van der Waals surface area contributed by atoms with Gasteiger partial charge in [0.05, 0.1) is 44.7 Å². The van der Waals surface area contributed by atoms with Crippen LogP contribution in [0.5, 0.6) is 23.0 Å². The van der Waals surface area contributed by atoms with Gasteiger partial charge in [-0.1, -0.05) is 19.6 Å². The zero-order valence-corrected chi connectivity index (χ0v) is 38.8. The lowest BCUT2D eigenvalue weighted by Crippen LogP contribution is -2.41. The molecule has 0 amide bonds. The molecule has 3 heterocycles. The van der Waals surface area contributed by atoms with Crippen molar-refractivity contribution in [1.82, 2.24) is 0 Å². The van der Waals surface area contributed by atoms with Gasteiger partial charge in [-0.15, -0.1) is 0 Å². The Morgan fingerprint density at radius 2 is 1.13 bits per heavy atom. The smallest absolute Gasteiger partial charge is 0.457 e. The van der Waals surface area contributed by atoms with Gasteiger partial charge >= 0.3 is 14.2 Å². The second-order valence-electron chi connectivity index (χ2n) is 16.6. The van der Waals surface area contributed by atoms with Gasteiger partial charge in [0.2, 0.25) is 0 Å². The van der Waals surface area contributed by atoms with Crippen molar-refractivity contribution in [3.05, 3.63) is 96.1 Å². The van der Waals surface area contributed by atoms with Crippen LogP contribution in [0.2, 0.25) is 0 Å². The van der Waals surface area contributed by atoms with Gasteiger partial charge in [-0.25, -0.2) is 16.8 Å². The summed E-state index contributed by atoms with van der Waals surface area (Å²) in [6.07, 6.45) is 2.56. The highest BCUT2D eigenvalue weighted by atomic mass is 32.2. The molecule has 0 aromatic heterocycles. The quantitative estimate of drug-likeness (QED) is 0.0743. The molecule has 0 saturated carbocycles. The summed E-state index contributed by atoms with van der Waals surface area (Å²) >= 11 is 0. The predicted molar refractivity (Wildman–Crippen MR) is 247 cm³/mol. The molecule has 17 heteroatoms. The van der Waals surface area contributed by atoms with Gasteiger partial charge in [-0.2, -0.15) is 0 Å². The molecular formula is C46H64B2O13S2. The Kier molecular flexibility index (Phi) is 18.5. The Labute approximate surface area is 375 Å². The highest BCUT2D eigenvalue weighted by molar-refractivity contribution is 7.92. The van der Waals surface area contributed by atoms with E-state index in [1.165, 1.54) is 12.8 Å². The average molecular weight is 911 g/mol. The molecule has 0 unspecified atom stereocenters. The maximum atomic E-state index is 12.4. The summed E-state index contributed by atoms with van der Waals surface area (Å²) in [5, 5.41) is 8.65. The molecule has 7 rings (SSSR count). The predicted octanol–water partition coefficient (Wildman–Crippen LogP) is 7.78. The molecule has 4 aromatic rings. The van der Waals surface area contributed by atoms with Crippen LogP contribution in [0, 0.1) is 0 Å². The molecule has 3 aliphatic heterocycles. The molecule has 1 N–H and O–H groups in total. The Morgan fingerprint density at radius 3 is 1.57 bits per heavy atom. The molecule has 0 spiro atoms. The van der Waals surface area contributed by atoms with Crippen LogP contribution in [-0.2, 0) is 61.1 Å². The average Bonchev–Trinajstić information content (AvgIpc) is 3.98. The number of benzene rings is 4. The third kappa shape index (κ3) is 13.4. The van der Waals surface area contributed by atoms with Gasteiger partial charge in [0, 0.05) is 19.8 Å². The topological polar surface area (TPSA) is 162 Å². The lowest BCUT2D eigenvalue weighted by Gasteiger charge is -2.32. The Bertz CT molecular complexity index is 2270. The Hall–Kier alpha value is -3.77. The van der Waals surface area contributed by atoms with Crippen molar-refractivity contribution in [1.29, 1.82) is 0 Å². The number of sulfone groups is 2. The maximum Gasteiger partial charge on any atom is 0.495 e. The number of hydrogen-bond acceptors (Lipinski definition) is 13. The first-order chi connectivity index (χ1) is 29.2. The second-order valence-corrected chi connectivity index (χ2v) is 21.6. The minimum Gasteiger partial charge on any atom is -0.457 e. The molecule has 344 valence electrons. The molecule has 63 heavy (non-hydrogen) atoms. The summed E-state index contributed by atoms with van der Waals surface area (Å²) in [4.78, 5) is 0.557. The van der Waals surface area contributed by atoms with E-state index < -0.39 is 55.6 Å². The van der Waals surface area contributed by atoms with Gasteiger partial charge in [0.1, 0.15) is 29.8 Å². The van der Waals surface area contributed by atoms with Gasteiger partial charge in [0.15, 0.2) is 19.7 Å². The summed E-state index contributed by atoms with van der Waals surface area (Å²) in [7, 11) is -8.03. The standard InChI is InChI=1S/C25H35BO7S.C16H17BO5S.C4H8O.CH4/c1-8-29-17-30-16-19-15-21(11-14-23(19)26-32-24(4,5)25(6,7)33-26)31-20-9-12-22(13-10-20)34(27,28)18(2)3;1-11(2)23(19,20)15-6-3-13(4-7-15)22-14-5-8-16-12(9-14)10-21-17(16)18;1-2-4-5-3-1;/h9-15,18H,8,16-17H2,1-7H3;3-9,11,18H,10H2,1-2H3;1-4H2;1H4. The van der Waals surface area contributed by atoms with Crippen molar-refractivity contribution in [3.8, 4) is 23.0 Å². The van der Waals surface area contributed by atoms with Crippen LogP contribution in [0.3, 0.4) is 0 Å². The molecule has 2 saturated heterocycles. The van der Waals surface area contributed by atoms with Crippen LogP contribution in [0.4, 0.5) is 0 Å². The van der Waals surface area contributed by atoms with E-state index in [9.17, 15) is 21.9 Å². The second kappa shape index (κ2) is 22.4. The first kappa shape index (κ1) is 51.9.